The molecular weight excluding hydrogens is 326 g/mol. The van der Waals surface area contributed by atoms with Gasteiger partial charge >= 0.3 is 5.97 Å². The van der Waals surface area contributed by atoms with Crippen LogP contribution < -0.4 is 4.90 Å². The number of carboxylic acid groups (broad SMARTS) is 1. The number of halogens is 1. The monoisotopic (exact) mass is 337 g/mol. The van der Waals surface area contributed by atoms with Gasteiger partial charge in [-0.05, 0) is 41.6 Å². The second kappa shape index (κ2) is 4.98. The molecule has 3 rings (SSSR count). The van der Waals surface area contributed by atoms with Crippen LogP contribution in [0.2, 0.25) is 0 Å². The third-order valence-electron chi connectivity index (χ3n) is 3.34. The van der Waals surface area contributed by atoms with E-state index >= 15 is 0 Å². The second-order valence-corrected chi connectivity index (χ2v) is 6.42. The zero-order valence-corrected chi connectivity index (χ0v) is 12.5. The molecule has 1 aromatic heterocycles. The minimum absolute atomic E-state index is 0.355. The van der Waals surface area contributed by atoms with Crippen molar-refractivity contribution < 1.29 is 9.90 Å². The molecular formula is C14H12BrNO2S. The Labute approximate surface area is 123 Å². The molecule has 0 atom stereocenters. The number of carboxylic acids is 1. The predicted octanol–water partition coefficient (Wildman–Crippen LogP) is 3.77. The van der Waals surface area contributed by atoms with Crippen LogP contribution in [0.1, 0.15) is 20.8 Å². The van der Waals surface area contributed by atoms with Crippen LogP contribution in [0.4, 0.5) is 5.69 Å². The van der Waals surface area contributed by atoms with Gasteiger partial charge in [0.25, 0.3) is 0 Å². The molecule has 5 heteroatoms. The van der Waals surface area contributed by atoms with Crippen molar-refractivity contribution in [3.63, 3.8) is 0 Å². The highest BCUT2D eigenvalue weighted by Gasteiger charge is 2.21. The number of thiophene rings is 1. The number of hydrogen-bond acceptors (Lipinski definition) is 3. The molecule has 0 saturated carbocycles. The van der Waals surface area contributed by atoms with Crippen LogP contribution in [0, 0.1) is 0 Å². The van der Waals surface area contributed by atoms with Gasteiger partial charge < -0.3 is 10.0 Å². The first-order chi connectivity index (χ1) is 9.15. The third kappa shape index (κ3) is 2.40. The fourth-order valence-electron chi connectivity index (χ4n) is 2.41. The van der Waals surface area contributed by atoms with E-state index in [0.717, 1.165) is 29.7 Å². The van der Waals surface area contributed by atoms with Gasteiger partial charge in [-0.3, -0.25) is 0 Å². The molecule has 98 valence electrons. The summed E-state index contributed by atoms with van der Waals surface area (Å²) >= 11 is 5.11. The lowest BCUT2D eigenvalue weighted by atomic mass is 10.1. The molecule has 1 aromatic carbocycles. The van der Waals surface area contributed by atoms with E-state index in [1.54, 1.807) is 17.4 Å². The number of nitrogens with zero attached hydrogens (tertiary/aromatic N) is 1. The van der Waals surface area contributed by atoms with E-state index < -0.39 is 5.97 Å². The quantitative estimate of drug-likeness (QED) is 0.906. The van der Waals surface area contributed by atoms with Crippen molar-refractivity contribution in [1.29, 1.82) is 0 Å². The molecule has 2 heterocycles. The van der Waals surface area contributed by atoms with E-state index in [2.05, 4.69) is 32.3 Å². The van der Waals surface area contributed by atoms with E-state index in [-0.39, 0.29) is 0 Å². The van der Waals surface area contributed by atoms with Gasteiger partial charge in [-0.25, -0.2) is 4.79 Å². The zero-order chi connectivity index (χ0) is 13.4. The van der Waals surface area contributed by atoms with Gasteiger partial charge in [0.2, 0.25) is 0 Å². The molecule has 0 aliphatic carbocycles. The Bertz CT molecular complexity index is 638. The van der Waals surface area contributed by atoms with Gasteiger partial charge in [-0.2, -0.15) is 0 Å². The van der Waals surface area contributed by atoms with Crippen LogP contribution in [0.15, 0.2) is 34.1 Å². The maximum absolute atomic E-state index is 11.4. The molecule has 19 heavy (non-hydrogen) atoms. The Morgan fingerprint density at radius 2 is 2.21 bits per heavy atom. The van der Waals surface area contributed by atoms with Gasteiger partial charge in [-0.1, -0.05) is 15.9 Å². The molecule has 2 aromatic rings. The van der Waals surface area contributed by atoms with E-state index in [4.69, 9.17) is 0 Å². The summed E-state index contributed by atoms with van der Waals surface area (Å²) in [7, 11) is 0. The lowest BCUT2D eigenvalue weighted by molar-refractivity contribution is 0.0697. The first-order valence-electron chi connectivity index (χ1n) is 5.98. The molecule has 0 amide bonds. The van der Waals surface area contributed by atoms with Crippen LogP contribution in [0.3, 0.4) is 0 Å². The lowest BCUT2D eigenvalue weighted by Crippen LogP contribution is -2.30. The maximum atomic E-state index is 11.4. The van der Waals surface area contributed by atoms with Crippen molar-refractivity contribution >= 4 is 38.9 Å². The number of fused-ring (bicyclic) bond motifs is 1. The highest BCUT2D eigenvalue weighted by Crippen LogP contribution is 2.31. The van der Waals surface area contributed by atoms with Gasteiger partial charge in [0.15, 0.2) is 0 Å². The van der Waals surface area contributed by atoms with Crippen LogP contribution >= 0.6 is 27.3 Å². The van der Waals surface area contributed by atoms with Crippen LogP contribution in [0.5, 0.6) is 0 Å². The average molecular weight is 338 g/mol. The molecule has 1 aliphatic heterocycles. The van der Waals surface area contributed by atoms with Gasteiger partial charge in [0.05, 0.1) is 11.3 Å². The first kappa shape index (κ1) is 12.7. The SMILES string of the molecule is O=C(O)c1cc(Br)ccc1N1CCc2sccc2C1. The standard InChI is InChI=1S/C14H12BrNO2S/c15-10-1-2-12(11(7-10)14(17)18)16-5-3-13-9(8-16)4-6-19-13/h1-2,4,6-7H,3,5,8H2,(H,17,18). The Morgan fingerprint density at radius 3 is 3.00 bits per heavy atom. The third-order valence-corrected chi connectivity index (χ3v) is 4.85. The van der Waals surface area contributed by atoms with Gasteiger partial charge in [-0.15, -0.1) is 11.3 Å². The van der Waals surface area contributed by atoms with E-state index in [1.165, 1.54) is 10.4 Å². The van der Waals surface area contributed by atoms with Gasteiger partial charge in [0.1, 0.15) is 0 Å². The lowest BCUT2D eigenvalue weighted by Gasteiger charge is -2.30. The average Bonchev–Trinajstić information content (AvgIpc) is 2.85. The summed E-state index contributed by atoms with van der Waals surface area (Å²) in [5, 5.41) is 11.4. The molecule has 0 spiro atoms. The Balaban J connectivity index is 1.98. The molecule has 0 unspecified atom stereocenters. The van der Waals surface area contributed by atoms with Gasteiger partial charge in [0, 0.05) is 22.4 Å². The van der Waals surface area contributed by atoms with E-state index in [1.807, 2.05) is 12.1 Å². The van der Waals surface area contributed by atoms with Crippen molar-refractivity contribution in [3.05, 3.63) is 50.1 Å². The zero-order valence-electron chi connectivity index (χ0n) is 10.1. The summed E-state index contributed by atoms with van der Waals surface area (Å²) in [4.78, 5) is 14.9. The van der Waals surface area contributed by atoms with E-state index in [9.17, 15) is 9.90 Å². The highest BCUT2D eigenvalue weighted by atomic mass is 79.9. The van der Waals surface area contributed by atoms with Crippen molar-refractivity contribution in [2.24, 2.45) is 0 Å². The summed E-state index contributed by atoms with van der Waals surface area (Å²) in [5.41, 5.74) is 2.47. The summed E-state index contributed by atoms with van der Waals surface area (Å²) in [5.74, 6) is -0.882. The normalized spacial score (nSPS) is 14.3. The fourth-order valence-corrected chi connectivity index (χ4v) is 3.66. The Kier molecular flexibility index (Phi) is 3.33. The van der Waals surface area contributed by atoms with Crippen molar-refractivity contribution in [2.45, 2.75) is 13.0 Å². The number of carbonyl (C=O) groups is 1. The van der Waals surface area contributed by atoms with Crippen molar-refractivity contribution in [2.75, 3.05) is 11.4 Å². The smallest absolute Gasteiger partial charge is 0.337 e. The minimum atomic E-state index is -0.882. The summed E-state index contributed by atoms with van der Waals surface area (Å²) in [6, 6.07) is 7.57. The highest BCUT2D eigenvalue weighted by molar-refractivity contribution is 9.10. The minimum Gasteiger partial charge on any atom is -0.478 e. The van der Waals surface area contributed by atoms with Crippen LogP contribution in [0.25, 0.3) is 0 Å². The molecule has 0 bridgehead atoms. The topological polar surface area (TPSA) is 40.5 Å². The maximum Gasteiger partial charge on any atom is 0.337 e. The number of benzene rings is 1. The fraction of sp³-hybridized carbons (Fsp3) is 0.214. The largest absolute Gasteiger partial charge is 0.478 e. The second-order valence-electron chi connectivity index (χ2n) is 4.51. The number of aromatic carboxylic acids is 1. The predicted molar refractivity (Wildman–Crippen MR) is 80.2 cm³/mol. The van der Waals surface area contributed by atoms with Crippen LogP contribution in [-0.2, 0) is 13.0 Å². The summed E-state index contributed by atoms with van der Waals surface area (Å²) in [6.45, 7) is 1.66. The number of anilines is 1. The molecule has 0 radical (unpaired) electrons. The Morgan fingerprint density at radius 1 is 1.37 bits per heavy atom. The Hall–Kier alpha value is -1.33. The molecule has 0 saturated heterocycles. The van der Waals surface area contributed by atoms with E-state index in [0.29, 0.717) is 5.56 Å². The van der Waals surface area contributed by atoms with Crippen molar-refractivity contribution in [3.8, 4) is 0 Å². The molecule has 1 N–H and O–H groups in total. The number of hydrogen-bond donors (Lipinski definition) is 1. The van der Waals surface area contributed by atoms with Crippen molar-refractivity contribution in [1.82, 2.24) is 0 Å². The number of rotatable bonds is 2. The summed E-state index contributed by atoms with van der Waals surface area (Å²) < 4.78 is 0.793. The summed E-state index contributed by atoms with van der Waals surface area (Å²) in [6.07, 6.45) is 0.988. The van der Waals surface area contributed by atoms with Crippen LogP contribution in [-0.4, -0.2) is 17.6 Å². The molecule has 3 nitrogen and oxygen atoms in total. The molecule has 1 aliphatic rings. The first-order valence-corrected chi connectivity index (χ1v) is 7.65. The molecule has 0 fully saturated rings.